The number of hydrogen-bond donors (Lipinski definition) is 0. The molecule has 1 atom stereocenters. The van der Waals surface area contributed by atoms with Crippen LogP contribution in [0.4, 0.5) is 0 Å². The molecule has 2 fully saturated rings. The minimum atomic E-state index is -0.356. The van der Waals surface area contributed by atoms with E-state index in [4.69, 9.17) is 0 Å². The average Bonchev–Trinajstić information content (AvgIpc) is 2.45. The zero-order valence-corrected chi connectivity index (χ0v) is 14.6. The fourth-order valence-corrected chi connectivity index (χ4v) is 3.56. The maximum absolute atomic E-state index is 12.8. The first kappa shape index (κ1) is 17.3. The molecule has 2 heterocycles. The summed E-state index contributed by atoms with van der Waals surface area (Å²) in [5.74, 6) is 0.477. The fourth-order valence-electron chi connectivity index (χ4n) is 3.56. The summed E-state index contributed by atoms with van der Waals surface area (Å²) >= 11 is 0. The summed E-state index contributed by atoms with van der Waals surface area (Å²) in [6.07, 6.45) is 7.92. The van der Waals surface area contributed by atoms with Gasteiger partial charge in [0.15, 0.2) is 0 Å². The van der Waals surface area contributed by atoms with Gasteiger partial charge in [-0.15, -0.1) is 0 Å². The Kier molecular flexibility index (Phi) is 5.87. The maximum Gasteiger partial charge on any atom is 0.227 e. The van der Waals surface area contributed by atoms with Crippen molar-refractivity contribution in [3.63, 3.8) is 0 Å². The predicted octanol–water partition coefficient (Wildman–Crippen LogP) is 3.06. The number of rotatable bonds is 1. The summed E-state index contributed by atoms with van der Waals surface area (Å²) in [7, 11) is 0. The van der Waals surface area contributed by atoms with Crippen molar-refractivity contribution in [3.05, 3.63) is 0 Å². The highest BCUT2D eigenvalue weighted by atomic mass is 16.2. The number of hydrogen-bond acceptors (Lipinski definition) is 2. The first-order valence-electron chi connectivity index (χ1n) is 8.98. The summed E-state index contributed by atoms with van der Waals surface area (Å²) in [5, 5.41) is 0. The molecular weight excluding hydrogens is 276 g/mol. The molecule has 2 aliphatic rings. The van der Waals surface area contributed by atoms with E-state index in [1.807, 2.05) is 25.7 Å². The van der Waals surface area contributed by atoms with Crippen molar-refractivity contribution >= 4 is 11.8 Å². The first-order valence-corrected chi connectivity index (χ1v) is 8.98. The normalized spacial score (nSPS) is 24.6. The van der Waals surface area contributed by atoms with Crippen LogP contribution in [0.3, 0.4) is 0 Å². The largest absolute Gasteiger partial charge is 0.342 e. The van der Waals surface area contributed by atoms with Gasteiger partial charge in [-0.05, 0) is 25.7 Å². The highest BCUT2D eigenvalue weighted by Gasteiger charge is 2.34. The molecule has 0 saturated carbocycles. The lowest BCUT2D eigenvalue weighted by Gasteiger charge is -2.38. The van der Waals surface area contributed by atoms with E-state index in [0.29, 0.717) is 6.54 Å². The van der Waals surface area contributed by atoms with E-state index in [2.05, 4.69) is 4.90 Å². The monoisotopic (exact) mass is 308 g/mol. The summed E-state index contributed by atoms with van der Waals surface area (Å²) in [4.78, 5) is 29.3. The fraction of sp³-hybridized carbons (Fsp3) is 0.889. The topological polar surface area (TPSA) is 40.6 Å². The van der Waals surface area contributed by atoms with Gasteiger partial charge < -0.3 is 9.80 Å². The molecule has 0 aromatic rings. The maximum atomic E-state index is 12.8. The first-order chi connectivity index (χ1) is 10.4. The molecule has 4 heteroatoms. The molecule has 2 amide bonds. The zero-order chi connectivity index (χ0) is 16.2. The quantitative estimate of drug-likeness (QED) is 0.747. The Hall–Kier alpha value is -1.06. The Morgan fingerprint density at radius 3 is 1.95 bits per heavy atom. The van der Waals surface area contributed by atoms with Crippen LogP contribution in [-0.4, -0.2) is 47.8 Å². The van der Waals surface area contributed by atoms with Gasteiger partial charge in [0.25, 0.3) is 0 Å². The van der Waals surface area contributed by atoms with Gasteiger partial charge >= 0.3 is 0 Å². The number of likely N-dealkylation sites (tertiary alicyclic amines) is 2. The Morgan fingerprint density at radius 1 is 0.818 bits per heavy atom. The third-order valence-corrected chi connectivity index (χ3v) is 4.87. The second-order valence-electron chi connectivity index (χ2n) is 7.93. The van der Waals surface area contributed by atoms with Crippen molar-refractivity contribution in [1.82, 2.24) is 9.80 Å². The van der Waals surface area contributed by atoms with Crippen LogP contribution in [0, 0.1) is 11.3 Å². The van der Waals surface area contributed by atoms with Crippen LogP contribution < -0.4 is 0 Å². The SMILES string of the molecule is CC(C)(C)C(=O)N1CCC[C@@H](C(=O)N2CCCCCCC2)C1. The van der Waals surface area contributed by atoms with Crippen molar-refractivity contribution in [1.29, 1.82) is 0 Å². The molecule has 0 aromatic carbocycles. The summed E-state index contributed by atoms with van der Waals surface area (Å²) < 4.78 is 0. The molecule has 2 aliphatic heterocycles. The zero-order valence-electron chi connectivity index (χ0n) is 14.6. The second-order valence-corrected chi connectivity index (χ2v) is 7.93. The van der Waals surface area contributed by atoms with Crippen molar-refractivity contribution in [2.24, 2.45) is 11.3 Å². The molecule has 2 rings (SSSR count). The molecule has 0 aliphatic carbocycles. The number of amides is 2. The third kappa shape index (κ3) is 4.47. The number of nitrogens with zero attached hydrogens (tertiary/aromatic N) is 2. The third-order valence-electron chi connectivity index (χ3n) is 4.87. The van der Waals surface area contributed by atoms with Crippen LogP contribution in [-0.2, 0) is 9.59 Å². The lowest BCUT2D eigenvalue weighted by Crippen LogP contribution is -2.49. The molecule has 126 valence electrons. The minimum Gasteiger partial charge on any atom is -0.342 e. The average molecular weight is 308 g/mol. The van der Waals surface area contributed by atoms with Gasteiger partial charge in [0.2, 0.25) is 11.8 Å². The van der Waals surface area contributed by atoms with Crippen molar-refractivity contribution < 1.29 is 9.59 Å². The molecule has 4 nitrogen and oxygen atoms in total. The van der Waals surface area contributed by atoms with E-state index in [1.54, 1.807) is 0 Å². The van der Waals surface area contributed by atoms with Crippen LogP contribution in [0.1, 0.15) is 65.7 Å². The van der Waals surface area contributed by atoms with Gasteiger partial charge in [0.05, 0.1) is 5.92 Å². The molecule has 0 unspecified atom stereocenters. The van der Waals surface area contributed by atoms with Crippen LogP contribution in [0.15, 0.2) is 0 Å². The molecule has 0 aromatic heterocycles. The van der Waals surface area contributed by atoms with Gasteiger partial charge in [-0.25, -0.2) is 0 Å². The predicted molar refractivity (Wildman–Crippen MR) is 88.4 cm³/mol. The second kappa shape index (κ2) is 7.47. The van der Waals surface area contributed by atoms with Crippen molar-refractivity contribution in [3.8, 4) is 0 Å². The van der Waals surface area contributed by atoms with Gasteiger partial charge in [-0.3, -0.25) is 9.59 Å². The van der Waals surface area contributed by atoms with E-state index in [9.17, 15) is 9.59 Å². The Morgan fingerprint density at radius 2 is 1.36 bits per heavy atom. The van der Waals surface area contributed by atoms with E-state index >= 15 is 0 Å². The molecule has 2 saturated heterocycles. The van der Waals surface area contributed by atoms with E-state index in [1.165, 1.54) is 19.3 Å². The van der Waals surface area contributed by atoms with Gasteiger partial charge in [-0.1, -0.05) is 40.0 Å². The number of piperidine rings is 1. The lowest BCUT2D eigenvalue weighted by atomic mass is 9.90. The van der Waals surface area contributed by atoms with E-state index in [-0.39, 0.29) is 23.1 Å². The lowest BCUT2D eigenvalue weighted by molar-refractivity contribution is -0.145. The van der Waals surface area contributed by atoms with Gasteiger partial charge in [0.1, 0.15) is 0 Å². The minimum absolute atomic E-state index is 0.0134. The molecule has 0 N–H and O–H groups in total. The Balaban J connectivity index is 1.95. The van der Waals surface area contributed by atoms with Crippen LogP contribution >= 0.6 is 0 Å². The van der Waals surface area contributed by atoms with Crippen LogP contribution in [0.2, 0.25) is 0 Å². The van der Waals surface area contributed by atoms with Gasteiger partial charge in [-0.2, -0.15) is 0 Å². The summed E-state index contributed by atoms with van der Waals surface area (Å²) in [6.45, 7) is 9.10. The standard InChI is InChI=1S/C18H32N2O2/c1-18(2,3)17(22)20-13-9-10-15(14-20)16(21)19-11-7-5-4-6-8-12-19/h15H,4-14H2,1-3H3/t15-/m1/s1. The Bertz CT molecular complexity index is 392. The number of carbonyl (C=O) groups excluding carboxylic acids is 2. The van der Waals surface area contributed by atoms with Crippen molar-refractivity contribution in [2.75, 3.05) is 26.2 Å². The molecule has 0 radical (unpaired) electrons. The highest BCUT2D eigenvalue weighted by Crippen LogP contribution is 2.25. The van der Waals surface area contributed by atoms with E-state index in [0.717, 1.165) is 45.3 Å². The molecule has 22 heavy (non-hydrogen) atoms. The number of carbonyl (C=O) groups is 2. The summed E-state index contributed by atoms with van der Waals surface area (Å²) in [5.41, 5.74) is -0.356. The Labute approximate surface area is 135 Å². The summed E-state index contributed by atoms with van der Waals surface area (Å²) in [6, 6.07) is 0. The van der Waals surface area contributed by atoms with Crippen LogP contribution in [0.25, 0.3) is 0 Å². The molecule has 0 bridgehead atoms. The highest BCUT2D eigenvalue weighted by molar-refractivity contribution is 5.84. The van der Waals surface area contributed by atoms with Crippen molar-refractivity contribution in [2.45, 2.75) is 65.7 Å². The molecular formula is C18H32N2O2. The smallest absolute Gasteiger partial charge is 0.227 e. The van der Waals surface area contributed by atoms with E-state index < -0.39 is 0 Å². The van der Waals surface area contributed by atoms with Gasteiger partial charge in [0, 0.05) is 31.6 Å². The van der Waals surface area contributed by atoms with Crippen LogP contribution in [0.5, 0.6) is 0 Å². The molecule has 0 spiro atoms.